The van der Waals surface area contributed by atoms with Gasteiger partial charge in [-0.2, -0.15) is 0 Å². The van der Waals surface area contributed by atoms with Crippen LogP contribution >= 0.6 is 0 Å². The van der Waals surface area contributed by atoms with Crippen molar-refractivity contribution >= 4 is 17.3 Å². The predicted octanol–water partition coefficient (Wildman–Crippen LogP) is 5.38. The van der Waals surface area contributed by atoms with Crippen LogP contribution in [0.3, 0.4) is 0 Å². The Morgan fingerprint density at radius 1 is 0.925 bits per heavy atom. The van der Waals surface area contributed by atoms with E-state index in [1.165, 1.54) is 18.6 Å². The molecule has 0 saturated carbocycles. The molecule has 0 bridgehead atoms. The van der Waals surface area contributed by atoms with Crippen LogP contribution in [-0.4, -0.2) is 107 Å². The summed E-state index contributed by atoms with van der Waals surface area (Å²) in [5.41, 5.74) is 0.775. The van der Waals surface area contributed by atoms with Gasteiger partial charge in [0.1, 0.15) is 11.6 Å². The van der Waals surface area contributed by atoms with Gasteiger partial charge in [-0.25, -0.2) is 17.3 Å². The molecule has 2 unspecified atom stereocenters. The Bertz CT molecular complexity index is 912. The maximum absolute atomic E-state index is 14.2. The van der Waals surface area contributed by atoms with Crippen LogP contribution in [0.4, 0.5) is 8.78 Å². The van der Waals surface area contributed by atoms with Crippen molar-refractivity contribution in [2.24, 2.45) is 10.9 Å². The fourth-order valence-electron chi connectivity index (χ4n) is 6.56. The van der Waals surface area contributed by atoms with Gasteiger partial charge in [0.2, 0.25) is 0 Å². The number of hydrogen-bond donors (Lipinski definition) is 0. The molecule has 2 saturated heterocycles. The molecular weight excluding hydrogens is 528 g/mol. The number of aliphatic imine (C=N–C) groups is 1. The largest absolute Gasteiger partial charge is 0.360 e. The molecule has 3 aliphatic rings. The molecular formula is C31H53F2N5OS. The fourth-order valence-corrected chi connectivity index (χ4v) is 7.29. The van der Waals surface area contributed by atoms with Crippen molar-refractivity contribution < 1.29 is 13.0 Å². The van der Waals surface area contributed by atoms with E-state index in [9.17, 15) is 13.0 Å². The molecule has 2 fully saturated rings. The molecule has 0 amide bonds. The minimum Gasteiger partial charge on any atom is -0.360 e. The molecule has 4 rings (SSSR count). The second kappa shape index (κ2) is 16.9. The van der Waals surface area contributed by atoms with Crippen molar-refractivity contribution in [1.29, 1.82) is 0 Å². The highest BCUT2D eigenvalue weighted by Crippen LogP contribution is 2.36. The van der Waals surface area contributed by atoms with Crippen molar-refractivity contribution in [3.63, 3.8) is 0 Å². The summed E-state index contributed by atoms with van der Waals surface area (Å²) in [5, 5.41) is 0. The Hall–Kier alpha value is -1.42. The summed E-state index contributed by atoms with van der Waals surface area (Å²) < 4.78 is 42.2. The minimum atomic E-state index is -0.963. The predicted molar refractivity (Wildman–Crippen MR) is 164 cm³/mol. The molecule has 9 heteroatoms. The van der Waals surface area contributed by atoms with Crippen LogP contribution in [0, 0.1) is 17.6 Å². The highest BCUT2D eigenvalue weighted by molar-refractivity contribution is 7.81. The van der Waals surface area contributed by atoms with Crippen LogP contribution in [0.5, 0.6) is 0 Å². The smallest absolute Gasteiger partial charge is 0.126 e. The first-order valence-corrected chi connectivity index (χ1v) is 17.1. The Kier molecular flexibility index (Phi) is 14.0. The normalized spacial score (nSPS) is 22.8. The number of halogens is 2. The summed E-state index contributed by atoms with van der Waals surface area (Å²) in [5.74, 6) is -0.542. The summed E-state index contributed by atoms with van der Waals surface area (Å²) in [7, 11) is -0.963. The SMILES string of the molecule is CC.CC(C)N1CCCN(C2CCN(CCC(c3cc(F)cc(F)c3)C3CCN(S(C)=O)CC3)CC2)C=NCC1. The molecule has 0 radical (unpaired) electrons. The van der Waals surface area contributed by atoms with Crippen LogP contribution in [-0.2, 0) is 11.0 Å². The molecule has 3 aliphatic heterocycles. The average Bonchev–Trinajstić information content (AvgIpc) is 3.07. The Labute approximate surface area is 244 Å². The maximum atomic E-state index is 14.2. The van der Waals surface area contributed by atoms with E-state index >= 15 is 0 Å². The van der Waals surface area contributed by atoms with Crippen LogP contribution in [0.1, 0.15) is 77.7 Å². The van der Waals surface area contributed by atoms with Crippen molar-refractivity contribution in [2.75, 3.05) is 65.2 Å². The van der Waals surface area contributed by atoms with Gasteiger partial charge in [-0.15, -0.1) is 0 Å². The van der Waals surface area contributed by atoms with Crippen LogP contribution in [0.2, 0.25) is 0 Å². The quantitative estimate of drug-likeness (QED) is 0.414. The summed E-state index contributed by atoms with van der Waals surface area (Å²) in [6.07, 6.45) is 9.96. The zero-order chi connectivity index (χ0) is 29.1. The van der Waals surface area contributed by atoms with Gasteiger partial charge >= 0.3 is 0 Å². The first-order valence-electron chi connectivity index (χ1n) is 15.6. The first-order chi connectivity index (χ1) is 19.3. The molecule has 0 N–H and O–H groups in total. The summed E-state index contributed by atoms with van der Waals surface area (Å²) in [4.78, 5) is 12.3. The fraction of sp³-hybridized carbons (Fsp3) is 0.774. The Balaban J connectivity index is 0.00000216. The first kappa shape index (κ1) is 33.1. The molecule has 6 nitrogen and oxygen atoms in total. The lowest BCUT2D eigenvalue weighted by Gasteiger charge is -2.39. The highest BCUT2D eigenvalue weighted by atomic mass is 32.2. The Morgan fingerprint density at radius 3 is 2.17 bits per heavy atom. The molecule has 0 aromatic heterocycles. The van der Waals surface area contributed by atoms with Gasteiger partial charge in [-0.05, 0) is 88.4 Å². The van der Waals surface area contributed by atoms with E-state index < -0.39 is 22.6 Å². The molecule has 0 aliphatic carbocycles. The number of hydrogen-bond acceptors (Lipinski definition) is 5. The molecule has 1 aromatic rings. The van der Waals surface area contributed by atoms with Crippen LogP contribution < -0.4 is 0 Å². The third-order valence-corrected chi connectivity index (χ3v) is 9.96. The van der Waals surface area contributed by atoms with Crippen LogP contribution in [0.25, 0.3) is 0 Å². The van der Waals surface area contributed by atoms with Gasteiger partial charge in [-0.3, -0.25) is 9.89 Å². The second-order valence-electron chi connectivity index (χ2n) is 11.6. The van der Waals surface area contributed by atoms with E-state index in [1.807, 2.05) is 18.2 Å². The van der Waals surface area contributed by atoms with Gasteiger partial charge in [0.15, 0.2) is 0 Å². The van der Waals surface area contributed by atoms with Crippen LogP contribution in [0.15, 0.2) is 23.2 Å². The lowest BCUT2D eigenvalue weighted by atomic mass is 9.78. The summed E-state index contributed by atoms with van der Waals surface area (Å²) >= 11 is 0. The molecule has 0 spiro atoms. The number of benzene rings is 1. The number of nitrogens with zero attached hydrogens (tertiary/aromatic N) is 5. The van der Waals surface area contributed by atoms with E-state index in [-0.39, 0.29) is 5.92 Å². The van der Waals surface area contributed by atoms with E-state index in [0.717, 1.165) is 103 Å². The van der Waals surface area contributed by atoms with Gasteiger partial charge in [0.05, 0.1) is 23.9 Å². The summed E-state index contributed by atoms with van der Waals surface area (Å²) in [6.45, 7) is 17.2. The minimum absolute atomic E-state index is 0.111. The average molecular weight is 582 g/mol. The van der Waals surface area contributed by atoms with Gasteiger partial charge in [0, 0.05) is 70.2 Å². The zero-order valence-corrected chi connectivity index (χ0v) is 26.4. The zero-order valence-electron chi connectivity index (χ0n) is 25.5. The standard InChI is InChI=1S/C29H47F2N5OS.C2H6/c1-23(2)34-11-4-12-35(22-32-10-18-34)28-7-13-33(14-8-28)15-9-29(25-19-26(30)21-27(31)20-25)24-5-16-36(17-6-24)38(3)37;1-2/h19-24,28-29H,4-18H2,1-3H3;1-2H3. The third kappa shape index (κ3) is 9.85. The van der Waals surface area contributed by atoms with Crippen molar-refractivity contribution in [3.05, 3.63) is 35.4 Å². The van der Waals surface area contributed by atoms with Gasteiger partial charge in [0.25, 0.3) is 0 Å². The molecule has 1 aromatic carbocycles. The van der Waals surface area contributed by atoms with E-state index in [1.54, 1.807) is 6.26 Å². The third-order valence-electron chi connectivity index (χ3n) is 8.86. The Morgan fingerprint density at radius 2 is 1.57 bits per heavy atom. The lowest BCUT2D eigenvalue weighted by molar-refractivity contribution is 0.141. The van der Waals surface area contributed by atoms with Gasteiger partial charge < -0.3 is 9.80 Å². The highest BCUT2D eigenvalue weighted by Gasteiger charge is 2.31. The maximum Gasteiger partial charge on any atom is 0.126 e. The van der Waals surface area contributed by atoms with E-state index in [0.29, 0.717) is 18.0 Å². The number of rotatable bonds is 8. The topological polar surface area (TPSA) is 42.4 Å². The molecule has 228 valence electrons. The van der Waals surface area contributed by atoms with E-state index in [2.05, 4.69) is 34.9 Å². The van der Waals surface area contributed by atoms with Crippen molar-refractivity contribution in [3.8, 4) is 0 Å². The second-order valence-corrected chi connectivity index (χ2v) is 13.0. The van der Waals surface area contributed by atoms with Gasteiger partial charge in [-0.1, -0.05) is 13.8 Å². The van der Waals surface area contributed by atoms with Crippen molar-refractivity contribution in [2.45, 2.75) is 84.2 Å². The van der Waals surface area contributed by atoms with Crippen molar-refractivity contribution in [1.82, 2.24) is 19.0 Å². The molecule has 40 heavy (non-hydrogen) atoms. The monoisotopic (exact) mass is 581 g/mol. The number of likely N-dealkylation sites (tertiary alicyclic amines) is 1. The molecule has 2 atom stereocenters. The van der Waals surface area contributed by atoms with E-state index in [4.69, 9.17) is 4.99 Å². The summed E-state index contributed by atoms with van der Waals surface area (Å²) in [6, 6.07) is 5.11. The number of piperidine rings is 2. The molecule has 3 heterocycles. The lowest BCUT2D eigenvalue weighted by Crippen LogP contribution is -2.45.